The molecule has 0 aromatic carbocycles. The zero-order valence-electron chi connectivity index (χ0n) is 10.1. The molecule has 0 bridgehead atoms. The molecule has 0 radical (unpaired) electrons. The number of nitrogens with zero attached hydrogens (tertiary/aromatic N) is 3. The van der Waals surface area contributed by atoms with Gasteiger partial charge in [-0.2, -0.15) is 5.10 Å². The van der Waals surface area contributed by atoms with Crippen molar-refractivity contribution in [1.82, 2.24) is 14.8 Å². The maximum Gasteiger partial charge on any atom is 0.138 e. The first-order chi connectivity index (χ1) is 7.48. The summed E-state index contributed by atoms with van der Waals surface area (Å²) < 4.78 is 7.34. The van der Waals surface area contributed by atoms with Crippen molar-refractivity contribution in [2.45, 2.75) is 50.9 Å². The van der Waals surface area contributed by atoms with Gasteiger partial charge in [0.1, 0.15) is 12.2 Å². The van der Waals surface area contributed by atoms with E-state index in [1.165, 1.54) is 6.33 Å². The van der Waals surface area contributed by atoms with Crippen LogP contribution in [0.25, 0.3) is 0 Å². The summed E-state index contributed by atoms with van der Waals surface area (Å²) in [5.74, 6) is 0.823. The molecule has 90 valence electrons. The molecule has 16 heavy (non-hydrogen) atoms. The van der Waals surface area contributed by atoms with E-state index in [0.717, 1.165) is 5.82 Å². The minimum atomic E-state index is -0.710. The van der Waals surface area contributed by atoms with Crippen LogP contribution in [-0.2, 0) is 18.2 Å². The Morgan fingerprint density at radius 1 is 1.50 bits per heavy atom. The van der Waals surface area contributed by atoms with Gasteiger partial charge in [0.15, 0.2) is 0 Å². The highest BCUT2D eigenvalue weighted by Gasteiger charge is 2.37. The van der Waals surface area contributed by atoms with Gasteiger partial charge in [0.05, 0.1) is 17.8 Å². The van der Waals surface area contributed by atoms with Crippen LogP contribution in [0, 0.1) is 0 Å². The topological polar surface area (TPSA) is 60.2 Å². The summed E-state index contributed by atoms with van der Waals surface area (Å²) in [5, 5.41) is 14.6. The maximum atomic E-state index is 10.5. The second kappa shape index (κ2) is 4.14. The molecule has 0 amide bonds. The first kappa shape index (κ1) is 11.5. The van der Waals surface area contributed by atoms with Gasteiger partial charge in [0, 0.05) is 26.3 Å². The molecule has 0 saturated carbocycles. The second-order valence-corrected chi connectivity index (χ2v) is 4.87. The highest BCUT2D eigenvalue weighted by Crippen LogP contribution is 2.31. The van der Waals surface area contributed by atoms with E-state index in [0.29, 0.717) is 19.3 Å². The van der Waals surface area contributed by atoms with Crippen LogP contribution in [0.1, 0.15) is 32.5 Å². The Labute approximate surface area is 95.4 Å². The lowest BCUT2D eigenvalue weighted by Crippen LogP contribution is -2.45. The molecule has 1 aliphatic heterocycles. The van der Waals surface area contributed by atoms with E-state index in [2.05, 4.69) is 10.1 Å². The van der Waals surface area contributed by atoms with Crippen LogP contribution >= 0.6 is 0 Å². The largest absolute Gasteiger partial charge is 0.389 e. The Balaban J connectivity index is 2.10. The molecule has 2 heterocycles. The Hall–Kier alpha value is -0.940. The van der Waals surface area contributed by atoms with Gasteiger partial charge in [-0.1, -0.05) is 0 Å². The zero-order valence-corrected chi connectivity index (χ0v) is 10.1. The molecular formula is C11H19N3O2. The van der Waals surface area contributed by atoms with E-state index in [9.17, 15) is 5.11 Å². The molecule has 5 nitrogen and oxygen atoms in total. The standard InChI is InChI=1S/C11H19N3O2/c1-8-4-11(15,5-9(2)16-8)6-10-12-7-13-14(10)3/h7-9,15H,4-6H2,1-3H3. The first-order valence-electron chi connectivity index (χ1n) is 5.69. The van der Waals surface area contributed by atoms with E-state index in [4.69, 9.17) is 4.74 Å². The van der Waals surface area contributed by atoms with Gasteiger partial charge in [0.2, 0.25) is 0 Å². The number of aliphatic hydroxyl groups is 1. The van der Waals surface area contributed by atoms with Crippen LogP contribution in [0.15, 0.2) is 6.33 Å². The summed E-state index contributed by atoms with van der Waals surface area (Å²) in [5.41, 5.74) is -0.710. The fraction of sp³-hybridized carbons (Fsp3) is 0.818. The molecule has 2 rings (SSSR count). The number of hydrogen-bond acceptors (Lipinski definition) is 4. The third-order valence-electron chi connectivity index (χ3n) is 3.09. The lowest BCUT2D eigenvalue weighted by Gasteiger charge is -2.38. The van der Waals surface area contributed by atoms with Crippen LogP contribution in [0.2, 0.25) is 0 Å². The summed E-state index contributed by atoms with van der Waals surface area (Å²) >= 11 is 0. The molecular weight excluding hydrogens is 206 g/mol. The third kappa shape index (κ3) is 2.41. The number of hydrogen-bond donors (Lipinski definition) is 1. The van der Waals surface area contributed by atoms with E-state index < -0.39 is 5.60 Å². The number of rotatable bonds is 2. The number of aromatic nitrogens is 3. The normalized spacial score (nSPS) is 35.2. The van der Waals surface area contributed by atoms with E-state index in [1.807, 2.05) is 20.9 Å². The molecule has 0 aliphatic carbocycles. The van der Waals surface area contributed by atoms with E-state index >= 15 is 0 Å². The lowest BCUT2D eigenvalue weighted by atomic mass is 9.84. The summed E-state index contributed by atoms with van der Waals surface area (Å²) in [4.78, 5) is 4.16. The van der Waals surface area contributed by atoms with Crippen LogP contribution in [0.5, 0.6) is 0 Å². The van der Waals surface area contributed by atoms with Crippen molar-refractivity contribution < 1.29 is 9.84 Å². The Morgan fingerprint density at radius 2 is 2.12 bits per heavy atom. The van der Waals surface area contributed by atoms with Crippen molar-refractivity contribution >= 4 is 0 Å². The number of ether oxygens (including phenoxy) is 1. The quantitative estimate of drug-likeness (QED) is 0.804. The molecule has 1 aromatic rings. The number of aryl methyl sites for hydroxylation is 1. The summed E-state index contributed by atoms with van der Waals surface area (Å²) in [6.07, 6.45) is 3.57. The predicted octanol–water partition coefficient (Wildman–Crippen LogP) is 0.676. The molecule has 1 N–H and O–H groups in total. The molecule has 5 heteroatoms. The molecule has 1 fully saturated rings. The van der Waals surface area contributed by atoms with Crippen molar-refractivity contribution in [1.29, 1.82) is 0 Å². The highest BCUT2D eigenvalue weighted by atomic mass is 16.5. The average Bonchev–Trinajstić information content (AvgIpc) is 2.48. The Kier molecular flexibility index (Phi) is 2.99. The maximum absolute atomic E-state index is 10.5. The average molecular weight is 225 g/mol. The summed E-state index contributed by atoms with van der Waals surface area (Å²) in [7, 11) is 1.85. The van der Waals surface area contributed by atoms with Gasteiger partial charge in [-0.3, -0.25) is 4.68 Å². The fourth-order valence-electron chi connectivity index (χ4n) is 2.57. The van der Waals surface area contributed by atoms with Crippen molar-refractivity contribution in [3.05, 3.63) is 12.2 Å². The van der Waals surface area contributed by atoms with Gasteiger partial charge < -0.3 is 9.84 Å². The Bertz CT molecular complexity index is 354. The van der Waals surface area contributed by atoms with Gasteiger partial charge >= 0.3 is 0 Å². The molecule has 2 unspecified atom stereocenters. The van der Waals surface area contributed by atoms with Crippen LogP contribution < -0.4 is 0 Å². The summed E-state index contributed by atoms with van der Waals surface area (Å²) in [6.45, 7) is 3.99. The van der Waals surface area contributed by atoms with Crippen molar-refractivity contribution in [3.8, 4) is 0 Å². The predicted molar refractivity (Wildman–Crippen MR) is 58.9 cm³/mol. The first-order valence-corrected chi connectivity index (χ1v) is 5.69. The smallest absolute Gasteiger partial charge is 0.138 e. The molecule has 2 atom stereocenters. The van der Waals surface area contributed by atoms with Crippen molar-refractivity contribution in [3.63, 3.8) is 0 Å². The highest BCUT2D eigenvalue weighted by molar-refractivity contribution is 4.97. The van der Waals surface area contributed by atoms with Gasteiger partial charge in [-0.05, 0) is 13.8 Å². The fourth-order valence-corrected chi connectivity index (χ4v) is 2.57. The van der Waals surface area contributed by atoms with Crippen molar-refractivity contribution in [2.24, 2.45) is 7.05 Å². The zero-order chi connectivity index (χ0) is 11.8. The minimum absolute atomic E-state index is 0.0991. The lowest BCUT2D eigenvalue weighted by molar-refractivity contribution is -0.131. The monoisotopic (exact) mass is 225 g/mol. The van der Waals surface area contributed by atoms with Gasteiger partial charge in [-0.25, -0.2) is 4.98 Å². The second-order valence-electron chi connectivity index (χ2n) is 4.87. The third-order valence-corrected chi connectivity index (χ3v) is 3.09. The molecule has 0 spiro atoms. The van der Waals surface area contributed by atoms with Crippen LogP contribution in [-0.4, -0.2) is 37.7 Å². The van der Waals surface area contributed by atoms with E-state index in [1.54, 1.807) is 4.68 Å². The molecule has 1 aromatic heterocycles. The summed E-state index contributed by atoms with van der Waals surface area (Å²) in [6, 6.07) is 0. The van der Waals surface area contributed by atoms with Crippen LogP contribution in [0.3, 0.4) is 0 Å². The molecule has 1 saturated heterocycles. The molecule has 1 aliphatic rings. The van der Waals surface area contributed by atoms with Crippen molar-refractivity contribution in [2.75, 3.05) is 0 Å². The van der Waals surface area contributed by atoms with E-state index in [-0.39, 0.29) is 12.2 Å². The SMILES string of the molecule is CC1CC(O)(Cc2ncnn2C)CC(C)O1. The van der Waals surface area contributed by atoms with Gasteiger partial charge in [0.25, 0.3) is 0 Å². The minimum Gasteiger partial charge on any atom is -0.389 e. The van der Waals surface area contributed by atoms with Crippen LogP contribution in [0.4, 0.5) is 0 Å². The Morgan fingerprint density at radius 3 is 2.62 bits per heavy atom. The van der Waals surface area contributed by atoms with Gasteiger partial charge in [-0.15, -0.1) is 0 Å².